The molecular weight excluding hydrogens is 502 g/mol. The van der Waals surface area contributed by atoms with Gasteiger partial charge in [-0.15, -0.1) is 0 Å². The van der Waals surface area contributed by atoms with Gasteiger partial charge in [-0.05, 0) is 73.9 Å². The molecule has 0 aliphatic carbocycles. The molecule has 11 heteroatoms. The lowest BCUT2D eigenvalue weighted by Gasteiger charge is -2.23. The maximum absolute atomic E-state index is 13.4. The molecule has 2 unspecified atom stereocenters. The van der Waals surface area contributed by atoms with Crippen LogP contribution in [-0.4, -0.2) is 32.1 Å². The van der Waals surface area contributed by atoms with Gasteiger partial charge in [0.2, 0.25) is 5.95 Å². The third-order valence-electron chi connectivity index (χ3n) is 5.97. The second-order valence-corrected chi connectivity index (χ2v) is 8.92. The summed E-state index contributed by atoms with van der Waals surface area (Å²) in [4.78, 5) is 24.6. The van der Waals surface area contributed by atoms with E-state index < -0.39 is 29.8 Å². The van der Waals surface area contributed by atoms with Crippen LogP contribution in [0.3, 0.4) is 0 Å². The molecule has 0 bridgehead atoms. The van der Waals surface area contributed by atoms with Crippen LogP contribution in [0.5, 0.6) is 0 Å². The molecule has 2 atom stereocenters. The quantitative estimate of drug-likeness (QED) is 0.226. The molecule has 4 rings (SSSR count). The summed E-state index contributed by atoms with van der Waals surface area (Å²) in [5.41, 5.74) is 1.87. The van der Waals surface area contributed by atoms with Gasteiger partial charge in [-0.2, -0.15) is 13.2 Å². The molecule has 0 aliphatic rings. The Labute approximate surface area is 216 Å². The highest BCUT2D eigenvalue weighted by Gasteiger charge is 2.33. The van der Waals surface area contributed by atoms with Gasteiger partial charge in [-0.3, -0.25) is 4.79 Å². The first-order chi connectivity index (χ1) is 17.9. The highest BCUT2D eigenvalue weighted by Crippen LogP contribution is 2.34. The molecule has 4 aromatic rings. The highest BCUT2D eigenvalue weighted by molar-refractivity contribution is 5.94. The first-order valence-electron chi connectivity index (χ1n) is 11.6. The fourth-order valence-electron chi connectivity index (χ4n) is 3.96. The van der Waals surface area contributed by atoms with Crippen molar-refractivity contribution in [2.45, 2.75) is 39.1 Å². The van der Waals surface area contributed by atoms with Gasteiger partial charge in [0.05, 0.1) is 23.4 Å². The van der Waals surface area contributed by atoms with Gasteiger partial charge in [0.1, 0.15) is 11.5 Å². The summed E-state index contributed by atoms with van der Waals surface area (Å²) in [6.45, 7) is 4.53. The molecule has 0 saturated heterocycles. The molecule has 0 aliphatic heterocycles. The molecule has 2 heterocycles. The first-order valence-corrected chi connectivity index (χ1v) is 11.6. The number of nitrogens with zero attached hydrogens (tertiary/aromatic N) is 2. The molecule has 4 N–H and O–H groups in total. The number of anilines is 2. The summed E-state index contributed by atoms with van der Waals surface area (Å²) in [6.07, 6.45) is -2.57. The van der Waals surface area contributed by atoms with Crippen molar-refractivity contribution in [2.75, 3.05) is 5.32 Å². The minimum absolute atomic E-state index is 0.0411. The van der Waals surface area contributed by atoms with E-state index >= 15 is 0 Å². The number of hydrogen-bond donors (Lipinski definition) is 4. The summed E-state index contributed by atoms with van der Waals surface area (Å²) in [5.74, 6) is -0.730. The number of benzene rings is 2. The number of aliphatic hydroxyl groups is 1. The van der Waals surface area contributed by atoms with Crippen molar-refractivity contribution in [2.24, 2.45) is 0 Å². The summed E-state index contributed by atoms with van der Waals surface area (Å²) in [6, 6.07) is 9.84. The fraction of sp³-hybridized carbons (Fsp3) is 0.222. The molecule has 0 saturated carbocycles. The number of nitrogens with one attached hydrogen (secondary N) is 3. The van der Waals surface area contributed by atoms with Crippen molar-refractivity contribution in [3.8, 4) is 11.3 Å². The Morgan fingerprint density at radius 2 is 1.76 bits per heavy atom. The van der Waals surface area contributed by atoms with E-state index in [1.807, 2.05) is 0 Å². The average Bonchev–Trinajstić information content (AvgIpc) is 3.35. The fourth-order valence-corrected chi connectivity index (χ4v) is 3.96. The molecule has 198 valence electrons. The molecule has 0 spiro atoms. The van der Waals surface area contributed by atoms with Gasteiger partial charge >= 0.3 is 6.18 Å². The second kappa shape index (κ2) is 10.6. The summed E-state index contributed by atoms with van der Waals surface area (Å²) >= 11 is 0. The molecule has 0 radical (unpaired) electrons. The smallest absolute Gasteiger partial charge is 0.391 e. The molecule has 2 aromatic heterocycles. The number of hydrogen-bond acceptors (Lipinski definition) is 5. The number of aromatic nitrogens is 3. The van der Waals surface area contributed by atoms with Crippen molar-refractivity contribution < 1.29 is 27.5 Å². The predicted octanol–water partition coefficient (Wildman–Crippen LogP) is 5.84. The molecule has 0 fully saturated rings. The number of rotatable bonds is 7. The summed E-state index contributed by atoms with van der Waals surface area (Å²) < 4.78 is 53.4. The van der Waals surface area contributed by atoms with E-state index in [-0.39, 0.29) is 28.6 Å². The van der Waals surface area contributed by atoms with Crippen LogP contribution in [0.15, 0.2) is 60.9 Å². The number of aromatic amines is 1. The molecule has 38 heavy (non-hydrogen) atoms. The zero-order valence-electron chi connectivity index (χ0n) is 20.7. The maximum Gasteiger partial charge on any atom is 0.416 e. The van der Waals surface area contributed by atoms with Crippen LogP contribution >= 0.6 is 0 Å². The van der Waals surface area contributed by atoms with Crippen LogP contribution in [0.4, 0.5) is 29.2 Å². The minimum atomic E-state index is -4.57. The number of alkyl halides is 3. The molecule has 2 aromatic carbocycles. The van der Waals surface area contributed by atoms with Crippen LogP contribution in [0.1, 0.15) is 45.7 Å². The van der Waals surface area contributed by atoms with E-state index in [0.717, 1.165) is 11.6 Å². The zero-order chi connectivity index (χ0) is 27.6. The first kappa shape index (κ1) is 26.8. The minimum Gasteiger partial charge on any atom is -0.391 e. The van der Waals surface area contributed by atoms with Gasteiger partial charge in [-0.1, -0.05) is 12.1 Å². The van der Waals surface area contributed by atoms with Crippen LogP contribution < -0.4 is 10.6 Å². The third kappa shape index (κ3) is 6.00. The van der Waals surface area contributed by atoms with Gasteiger partial charge < -0.3 is 20.7 Å². The van der Waals surface area contributed by atoms with E-state index in [1.54, 1.807) is 37.5 Å². The number of aliphatic hydroxyl groups excluding tert-OH is 1. The van der Waals surface area contributed by atoms with Gasteiger partial charge in [0.25, 0.3) is 5.91 Å². The number of amides is 1. The molecule has 1 amide bonds. The Hall–Kier alpha value is -4.25. The Bertz CT molecular complexity index is 1450. The van der Waals surface area contributed by atoms with Crippen molar-refractivity contribution in [3.63, 3.8) is 0 Å². The van der Waals surface area contributed by atoms with E-state index in [0.29, 0.717) is 16.9 Å². The SMILES string of the molecule is Cc1ccc(C(NC(=O)c2cc(-c3nc(Nc4ccc(F)cc4)ncc3C)c[nH]2)C(C)O)cc1C(F)(F)F. The number of halogens is 4. The summed E-state index contributed by atoms with van der Waals surface area (Å²) in [7, 11) is 0. The summed E-state index contributed by atoms with van der Waals surface area (Å²) in [5, 5.41) is 15.9. The lowest BCUT2D eigenvalue weighted by Crippen LogP contribution is -2.35. The van der Waals surface area contributed by atoms with Crippen molar-refractivity contribution in [1.29, 1.82) is 0 Å². The van der Waals surface area contributed by atoms with Crippen LogP contribution in [0.2, 0.25) is 0 Å². The van der Waals surface area contributed by atoms with Gasteiger partial charge in [-0.25, -0.2) is 14.4 Å². The highest BCUT2D eigenvalue weighted by atomic mass is 19.4. The van der Waals surface area contributed by atoms with Crippen LogP contribution in [-0.2, 0) is 6.18 Å². The van der Waals surface area contributed by atoms with E-state index in [1.165, 1.54) is 38.1 Å². The van der Waals surface area contributed by atoms with Crippen LogP contribution in [0.25, 0.3) is 11.3 Å². The number of H-pyrrole nitrogens is 1. The predicted molar refractivity (Wildman–Crippen MR) is 134 cm³/mol. The Kier molecular flexibility index (Phi) is 7.49. The Balaban J connectivity index is 1.56. The normalized spacial score (nSPS) is 13.2. The Morgan fingerprint density at radius 1 is 1.05 bits per heavy atom. The van der Waals surface area contributed by atoms with E-state index in [2.05, 4.69) is 25.6 Å². The topological polar surface area (TPSA) is 103 Å². The second-order valence-electron chi connectivity index (χ2n) is 8.92. The monoisotopic (exact) mass is 527 g/mol. The Morgan fingerprint density at radius 3 is 2.42 bits per heavy atom. The standard InChI is InChI=1S/C27H25F4N5O2/c1-14-4-5-17(10-21(14)27(29,30)31)24(16(3)37)35-25(38)22-11-18(13-32-22)23-15(2)12-33-26(36-23)34-20-8-6-19(28)7-9-20/h4-13,16,24,32,37H,1-3H3,(H,35,38)(H,33,34,36). The number of carbonyl (C=O) groups is 1. The van der Waals surface area contributed by atoms with Crippen molar-refractivity contribution >= 4 is 17.5 Å². The average molecular weight is 528 g/mol. The molecular formula is C27H25F4N5O2. The van der Waals surface area contributed by atoms with E-state index in [9.17, 15) is 27.5 Å². The maximum atomic E-state index is 13.4. The van der Waals surface area contributed by atoms with Crippen molar-refractivity contribution in [3.05, 3.63) is 94.7 Å². The molecule has 7 nitrogen and oxygen atoms in total. The third-order valence-corrected chi connectivity index (χ3v) is 5.97. The lowest BCUT2D eigenvalue weighted by molar-refractivity contribution is -0.138. The van der Waals surface area contributed by atoms with Gasteiger partial charge in [0.15, 0.2) is 0 Å². The van der Waals surface area contributed by atoms with Crippen LogP contribution in [0, 0.1) is 19.7 Å². The zero-order valence-corrected chi connectivity index (χ0v) is 20.7. The van der Waals surface area contributed by atoms with Gasteiger partial charge in [0, 0.05) is 23.6 Å². The number of carbonyl (C=O) groups excluding carboxylic acids is 1. The lowest BCUT2D eigenvalue weighted by atomic mass is 9.97. The van der Waals surface area contributed by atoms with Crippen molar-refractivity contribution in [1.82, 2.24) is 20.3 Å². The van der Waals surface area contributed by atoms with E-state index in [4.69, 9.17) is 0 Å². The largest absolute Gasteiger partial charge is 0.416 e. The number of aryl methyl sites for hydroxylation is 2.